The molecule has 0 aromatic heterocycles. The van der Waals surface area contributed by atoms with Crippen LogP contribution in [0.4, 0.5) is 0 Å². The number of rotatable bonds is 3. The van der Waals surface area contributed by atoms with E-state index in [0.29, 0.717) is 12.0 Å². The van der Waals surface area contributed by atoms with Gasteiger partial charge in [0, 0.05) is 6.42 Å². The van der Waals surface area contributed by atoms with Crippen molar-refractivity contribution in [1.29, 1.82) is 5.26 Å². The van der Waals surface area contributed by atoms with E-state index in [2.05, 4.69) is 4.74 Å². The van der Waals surface area contributed by atoms with Gasteiger partial charge in [0.25, 0.3) is 0 Å². The molecule has 1 aromatic carbocycles. The maximum atomic E-state index is 11.4. The largest absolute Gasteiger partial charge is 0.468 e. The van der Waals surface area contributed by atoms with E-state index in [1.807, 2.05) is 12.1 Å². The van der Waals surface area contributed by atoms with Crippen LogP contribution in [0.1, 0.15) is 18.1 Å². The molecule has 0 heterocycles. The first-order valence-corrected chi connectivity index (χ1v) is 4.86. The second kappa shape index (κ2) is 4.77. The molecule has 1 unspecified atom stereocenters. The molecule has 84 valence electrons. The zero-order chi connectivity index (χ0) is 12.2. The molecule has 0 aliphatic carbocycles. The maximum absolute atomic E-state index is 11.4. The summed E-state index contributed by atoms with van der Waals surface area (Å²) in [4.78, 5) is 11.4. The Balaban J connectivity index is 2.88. The highest BCUT2D eigenvalue weighted by atomic mass is 16.5. The number of carbonyl (C=O) groups is 1. The molecule has 0 spiro atoms. The minimum atomic E-state index is -1.07. The summed E-state index contributed by atoms with van der Waals surface area (Å²) >= 11 is 0. The molecule has 1 rings (SSSR count). The van der Waals surface area contributed by atoms with Gasteiger partial charge in [0.15, 0.2) is 0 Å². The molecule has 0 fully saturated rings. The third kappa shape index (κ3) is 2.81. The monoisotopic (exact) mass is 218 g/mol. The van der Waals surface area contributed by atoms with Crippen LogP contribution in [-0.4, -0.2) is 18.6 Å². The Morgan fingerprint density at radius 3 is 2.88 bits per heavy atom. The van der Waals surface area contributed by atoms with Gasteiger partial charge in [-0.2, -0.15) is 5.26 Å². The van der Waals surface area contributed by atoms with Crippen molar-refractivity contribution >= 4 is 5.97 Å². The summed E-state index contributed by atoms with van der Waals surface area (Å²) in [6, 6.07) is 9.05. The van der Waals surface area contributed by atoms with Crippen LogP contribution in [0, 0.1) is 11.3 Å². The molecule has 4 heteroatoms. The average Bonchev–Trinajstić information content (AvgIpc) is 2.27. The second-order valence-electron chi connectivity index (χ2n) is 3.90. The fourth-order valence-electron chi connectivity index (χ4n) is 1.48. The summed E-state index contributed by atoms with van der Waals surface area (Å²) in [5, 5.41) is 8.74. The summed E-state index contributed by atoms with van der Waals surface area (Å²) in [5.41, 5.74) is 6.17. The Morgan fingerprint density at radius 1 is 1.62 bits per heavy atom. The summed E-state index contributed by atoms with van der Waals surface area (Å²) < 4.78 is 4.61. The Bertz CT molecular complexity index is 433. The molecule has 2 N–H and O–H groups in total. The van der Waals surface area contributed by atoms with E-state index >= 15 is 0 Å². The molecule has 1 aromatic rings. The predicted octanol–water partition coefficient (Wildman–Crippen LogP) is 0.991. The van der Waals surface area contributed by atoms with Gasteiger partial charge in [-0.05, 0) is 24.6 Å². The smallest absolute Gasteiger partial charge is 0.325 e. The summed E-state index contributed by atoms with van der Waals surface area (Å²) in [5.74, 6) is -0.463. The highest BCUT2D eigenvalue weighted by molar-refractivity contribution is 5.80. The lowest BCUT2D eigenvalue weighted by Crippen LogP contribution is -2.47. The number of hydrogen-bond donors (Lipinski definition) is 1. The Kier molecular flexibility index (Phi) is 3.64. The molecule has 0 amide bonds. The van der Waals surface area contributed by atoms with Gasteiger partial charge in [-0.3, -0.25) is 4.79 Å². The Labute approximate surface area is 94.6 Å². The van der Waals surface area contributed by atoms with Crippen LogP contribution in [-0.2, 0) is 16.0 Å². The van der Waals surface area contributed by atoms with Crippen LogP contribution in [0.2, 0.25) is 0 Å². The summed E-state index contributed by atoms with van der Waals surface area (Å²) in [7, 11) is 1.30. The quantitative estimate of drug-likeness (QED) is 0.767. The Morgan fingerprint density at radius 2 is 2.31 bits per heavy atom. The highest BCUT2D eigenvalue weighted by Crippen LogP contribution is 2.13. The molecule has 1 atom stereocenters. The van der Waals surface area contributed by atoms with E-state index in [-0.39, 0.29) is 0 Å². The topological polar surface area (TPSA) is 76.1 Å². The molecule has 4 nitrogen and oxygen atoms in total. The lowest BCUT2D eigenvalue weighted by Gasteiger charge is -2.21. The first kappa shape index (κ1) is 12.2. The van der Waals surface area contributed by atoms with Crippen LogP contribution < -0.4 is 5.73 Å². The van der Waals surface area contributed by atoms with Crippen LogP contribution in [0.5, 0.6) is 0 Å². The number of methoxy groups -OCH3 is 1. The number of nitrogens with two attached hydrogens (primary N) is 1. The van der Waals surface area contributed by atoms with E-state index in [9.17, 15) is 4.79 Å². The number of nitriles is 1. The number of esters is 1. The van der Waals surface area contributed by atoms with Crippen LogP contribution in [0.25, 0.3) is 0 Å². The average molecular weight is 218 g/mol. The van der Waals surface area contributed by atoms with Crippen molar-refractivity contribution in [2.45, 2.75) is 18.9 Å². The molecule has 0 saturated heterocycles. The van der Waals surface area contributed by atoms with Crippen molar-refractivity contribution in [2.24, 2.45) is 5.73 Å². The highest BCUT2D eigenvalue weighted by Gasteiger charge is 2.29. The van der Waals surface area contributed by atoms with E-state index in [1.165, 1.54) is 7.11 Å². The number of nitrogens with zero attached hydrogens (tertiary/aromatic N) is 1. The van der Waals surface area contributed by atoms with Gasteiger partial charge in [-0.1, -0.05) is 12.1 Å². The standard InChI is InChI=1S/C12H14N2O2/c1-12(14,11(15)16-2)7-9-4-3-5-10(6-9)8-13/h3-6H,7,14H2,1-2H3. The lowest BCUT2D eigenvalue weighted by molar-refractivity contribution is -0.146. The van der Waals surface area contributed by atoms with Gasteiger partial charge in [-0.15, -0.1) is 0 Å². The third-order valence-electron chi connectivity index (χ3n) is 2.28. The van der Waals surface area contributed by atoms with Gasteiger partial charge in [-0.25, -0.2) is 0 Å². The van der Waals surface area contributed by atoms with Crippen molar-refractivity contribution in [1.82, 2.24) is 0 Å². The molecule has 0 aliphatic heterocycles. The minimum Gasteiger partial charge on any atom is -0.468 e. The SMILES string of the molecule is COC(=O)C(C)(N)Cc1cccc(C#N)c1. The van der Waals surface area contributed by atoms with Gasteiger partial charge in [0.2, 0.25) is 0 Å². The summed E-state index contributed by atoms with van der Waals surface area (Å²) in [6.45, 7) is 1.61. The van der Waals surface area contributed by atoms with Crippen molar-refractivity contribution in [3.05, 3.63) is 35.4 Å². The molecular weight excluding hydrogens is 204 g/mol. The molecular formula is C12H14N2O2. The molecule has 0 saturated carbocycles. The fraction of sp³-hybridized carbons (Fsp3) is 0.333. The lowest BCUT2D eigenvalue weighted by atomic mass is 9.93. The molecule has 0 aliphatic rings. The summed E-state index contributed by atoms with van der Waals surface area (Å²) in [6.07, 6.45) is 0.342. The molecule has 0 bridgehead atoms. The number of hydrogen-bond acceptors (Lipinski definition) is 4. The van der Waals surface area contributed by atoms with E-state index in [0.717, 1.165) is 5.56 Å². The first-order chi connectivity index (χ1) is 7.49. The number of benzene rings is 1. The fourth-order valence-corrected chi connectivity index (χ4v) is 1.48. The van der Waals surface area contributed by atoms with Crippen molar-refractivity contribution in [2.75, 3.05) is 7.11 Å². The van der Waals surface area contributed by atoms with Gasteiger partial charge >= 0.3 is 5.97 Å². The van der Waals surface area contributed by atoms with Crippen molar-refractivity contribution in [3.8, 4) is 6.07 Å². The van der Waals surface area contributed by atoms with Crippen molar-refractivity contribution < 1.29 is 9.53 Å². The van der Waals surface area contributed by atoms with Gasteiger partial charge in [0.1, 0.15) is 5.54 Å². The molecule has 16 heavy (non-hydrogen) atoms. The third-order valence-corrected chi connectivity index (χ3v) is 2.28. The van der Waals surface area contributed by atoms with Crippen LogP contribution >= 0.6 is 0 Å². The predicted molar refractivity (Wildman–Crippen MR) is 59.5 cm³/mol. The molecule has 0 radical (unpaired) electrons. The zero-order valence-corrected chi connectivity index (χ0v) is 9.36. The van der Waals surface area contributed by atoms with Gasteiger partial charge < -0.3 is 10.5 Å². The Hall–Kier alpha value is -1.86. The van der Waals surface area contributed by atoms with E-state index in [4.69, 9.17) is 11.0 Å². The van der Waals surface area contributed by atoms with E-state index in [1.54, 1.807) is 25.1 Å². The first-order valence-electron chi connectivity index (χ1n) is 4.86. The maximum Gasteiger partial charge on any atom is 0.325 e. The zero-order valence-electron chi connectivity index (χ0n) is 9.36. The van der Waals surface area contributed by atoms with E-state index < -0.39 is 11.5 Å². The van der Waals surface area contributed by atoms with Crippen molar-refractivity contribution in [3.63, 3.8) is 0 Å². The minimum absolute atomic E-state index is 0.342. The second-order valence-corrected chi connectivity index (χ2v) is 3.90. The van der Waals surface area contributed by atoms with Gasteiger partial charge in [0.05, 0.1) is 18.7 Å². The van der Waals surface area contributed by atoms with Crippen LogP contribution in [0.15, 0.2) is 24.3 Å². The number of carbonyl (C=O) groups excluding carboxylic acids is 1. The number of ether oxygens (including phenoxy) is 1. The normalized spacial score (nSPS) is 13.6. The van der Waals surface area contributed by atoms with Crippen LogP contribution in [0.3, 0.4) is 0 Å².